The maximum Gasteiger partial charge on any atom is 0.123 e. The van der Waals surface area contributed by atoms with E-state index in [4.69, 9.17) is 4.74 Å². The third kappa shape index (κ3) is 4.22. The Balaban J connectivity index is 1.29. The molecule has 2 aromatic carbocycles. The quantitative estimate of drug-likeness (QED) is 0.796. The van der Waals surface area contributed by atoms with Gasteiger partial charge in [-0.3, -0.25) is 9.80 Å². The van der Waals surface area contributed by atoms with Crippen LogP contribution in [0.2, 0.25) is 0 Å². The van der Waals surface area contributed by atoms with Crippen molar-refractivity contribution in [2.24, 2.45) is 11.3 Å². The van der Waals surface area contributed by atoms with Gasteiger partial charge >= 0.3 is 0 Å². The van der Waals surface area contributed by atoms with E-state index in [2.05, 4.69) is 41.0 Å². The molecule has 1 N–H and O–H groups in total. The van der Waals surface area contributed by atoms with Crippen LogP contribution in [0.5, 0.6) is 5.75 Å². The standard InChI is InChI=1S/C23H29FN2O2/c1-18-3-2-4-19(11-18)12-26-14-20-13-25(15-23(20,16-26)17-27)9-10-28-22-7-5-21(24)6-8-22/h2-8,11,20,27H,9-10,12-17H2,1H3. The van der Waals surface area contributed by atoms with E-state index >= 15 is 0 Å². The van der Waals surface area contributed by atoms with Crippen molar-refractivity contribution in [1.82, 2.24) is 9.80 Å². The van der Waals surface area contributed by atoms with Crippen LogP contribution in [0.15, 0.2) is 48.5 Å². The van der Waals surface area contributed by atoms with Gasteiger partial charge in [-0.25, -0.2) is 4.39 Å². The molecule has 0 aliphatic carbocycles. The molecule has 0 saturated carbocycles. The number of aliphatic hydroxyl groups is 1. The van der Waals surface area contributed by atoms with Gasteiger partial charge in [-0.2, -0.15) is 0 Å². The summed E-state index contributed by atoms with van der Waals surface area (Å²) in [5.74, 6) is 0.940. The Kier molecular flexibility index (Phi) is 5.67. The zero-order valence-corrected chi connectivity index (χ0v) is 16.5. The molecule has 0 spiro atoms. The maximum absolute atomic E-state index is 13.0. The topological polar surface area (TPSA) is 35.9 Å². The summed E-state index contributed by atoms with van der Waals surface area (Å²) in [6.07, 6.45) is 0. The highest BCUT2D eigenvalue weighted by Crippen LogP contribution is 2.42. The summed E-state index contributed by atoms with van der Waals surface area (Å²) in [7, 11) is 0. The van der Waals surface area contributed by atoms with Crippen molar-refractivity contribution in [2.45, 2.75) is 13.5 Å². The number of aliphatic hydroxyl groups excluding tert-OH is 1. The smallest absolute Gasteiger partial charge is 0.123 e. The SMILES string of the molecule is Cc1cccc(CN2CC3CN(CCOc4ccc(F)cc4)CC3(CO)C2)c1. The van der Waals surface area contributed by atoms with E-state index in [1.807, 2.05) is 0 Å². The summed E-state index contributed by atoms with van der Waals surface area (Å²) in [5, 5.41) is 10.2. The molecule has 2 aromatic rings. The molecule has 2 aliphatic rings. The zero-order chi connectivity index (χ0) is 19.6. The highest BCUT2D eigenvalue weighted by Gasteiger charge is 2.51. The van der Waals surface area contributed by atoms with Crippen molar-refractivity contribution in [3.05, 3.63) is 65.5 Å². The largest absolute Gasteiger partial charge is 0.492 e. The normalized spacial score (nSPS) is 25.2. The molecule has 0 amide bonds. The van der Waals surface area contributed by atoms with Crippen LogP contribution in [-0.2, 0) is 6.54 Å². The molecule has 28 heavy (non-hydrogen) atoms. The van der Waals surface area contributed by atoms with Gasteiger partial charge in [0.2, 0.25) is 0 Å². The molecule has 2 fully saturated rings. The molecule has 2 unspecified atom stereocenters. The Hall–Kier alpha value is -1.95. The number of nitrogens with zero attached hydrogens (tertiary/aromatic N) is 2. The average molecular weight is 384 g/mol. The first-order chi connectivity index (χ1) is 13.6. The third-order valence-electron chi connectivity index (χ3n) is 6.19. The number of halogens is 1. The van der Waals surface area contributed by atoms with Gasteiger partial charge in [-0.05, 0) is 42.7 Å². The molecule has 4 rings (SSSR count). The van der Waals surface area contributed by atoms with Crippen molar-refractivity contribution in [2.75, 3.05) is 45.9 Å². The highest BCUT2D eigenvalue weighted by molar-refractivity contribution is 5.23. The summed E-state index contributed by atoms with van der Waals surface area (Å²) < 4.78 is 18.7. The Morgan fingerprint density at radius 2 is 1.86 bits per heavy atom. The number of benzene rings is 2. The van der Waals surface area contributed by atoms with Crippen LogP contribution >= 0.6 is 0 Å². The Bertz CT molecular complexity index is 797. The fourth-order valence-corrected chi connectivity index (χ4v) is 4.81. The van der Waals surface area contributed by atoms with Gasteiger partial charge in [-0.15, -0.1) is 0 Å². The van der Waals surface area contributed by atoms with Gasteiger partial charge in [-0.1, -0.05) is 29.8 Å². The van der Waals surface area contributed by atoms with Gasteiger partial charge in [0.05, 0.1) is 6.61 Å². The molecule has 2 aliphatic heterocycles. The number of fused-ring (bicyclic) bond motifs is 1. The highest BCUT2D eigenvalue weighted by atomic mass is 19.1. The number of aryl methyl sites for hydroxylation is 1. The first-order valence-corrected chi connectivity index (χ1v) is 10.1. The Morgan fingerprint density at radius 3 is 2.57 bits per heavy atom. The lowest BCUT2D eigenvalue weighted by Crippen LogP contribution is -2.38. The van der Waals surface area contributed by atoms with Gasteiger partial charge in [0, 0.05) is 44.7 Å². The lowest BCUT2D eigenvalue weighted by molar-refractivity contribution is 0.108. The lowest BCUT2D eigenvalue weighted by Gasteiger charge is -2.27. The van der Waals surface area contributed by atoms with Crippen LogP contribution in [0.3, 0.4) is 0 Å². The minimum atomic E-state index is -0.250. The predicted molar refractivity (Wildman–Crippen MR) is 108 cm³/mol. The average Bonchev–Trinajstić information content (AvgIpc) is 3.17. The minimum Gasteiger partial charge on any atom is -0.492 e. The number of likely N-dealkylation sites (tertiary alicyclic amines) is 2. The molecule has 5 heteroatoms. The van der Waals surface area contributed by atoms with Crippen LogP contribution in [0.4, 0.5) is 4.39 Å². The summed E-state index contributed by atoms with van der Waals surface area (Å²) in [4.78, 5) is 4.89. The lowest BCUT2D eigenvalue weighted by atomic mass is 9.82. The van der Waals surface area contributed by atoms with Gasteiger partial charge in [0.15, 0.2) is 0 Å². The van der Waals surface area contributed by atoms with Crippen LogP contribution in [0.25, 0.3) is 0 Å². The molecule has 0 bridgehead atoms. The van der Waals surface area contributed by atoms with Crippen LogP contribution in [-0.4, -0.2) is 60.8 Å². The summed E-state index contributed by atoms with van der Waals surface area (Å²) in [5.41, 5.74) is 2.61. The van der Waals surface area contributed by atoms with E-state index < -0.39 is 0 Å². The second-order valence-corrected chi connectivity index (χ2v) is 8.41. The van der Waals surface area contributed by atoms with E-state index in [1.165, 1.54) is 23.3 Å². The fourth-order valence-electron chi connectivity index (χ4n) is 4.81. The van der Waals surface area contributed by atoms with Crippen LogP contribution in [0.1, 0.15) is 11.1 Å². The van der Waals surface area contributed by atoms with E-state index in [0.29, 0.717) is 18.3 Å². The van der Waals surface area contributed by atoms with Crippen molar-refractivity contribution < 1.29 is 14.2 Å². The molecular formula is C23H29FN2O2. The number of rotatable bonds is 7. The number of hydrogen-bond donors (Lipinski definition) is 1. The molecule has 2 heterocycles. The predicted octanol–water partition coefficient (Wildman–Crippen LogP) is 2.94. The van der Waals surface area contributed by atoms with E-state index in [-0.39, 0.29) is 17.8 Å². The minimum absolute atomic E-state index is 0.0281. The molecule has 2 atom stereocenters. The second kappa shape index (κ2) is 8.19. The number of hydrogen-bond acceptors (Lipinski definition) is 4. The molecule has 0 radical (unpaired) electrons. The number of ether oxygens (including phenoxy) is 1. The van der Waals surface area contributed by atoms with E-state index in [0.717, 1.165) is 39.3 Å². The molecular weight excluding hydrogens is 355 g/mol. The van der Waals surface area contributed by atoms with Gasteiger partial charge in [0.25, 0.3) is 0 Å². The van der Waals surface area contributed by atoms with Gasteiger partial charge in [0.1, 0.15) is 18.2 Å². The summed E-state index contributed by atoms with van der Waals surface area (Å²) in [6.45, 7) is 8.60. The first kappa shape index (κ1) is 19.4. The third-order valence-corrected chi connectivity index (χ3v) is 6.19. The molecule has 2 saturated heterocycles. The van der Waals surface area contributed by atoms with Crippen molar-refractivity contribution in [1.29, 1.82) is 0 Å². The van der Waals surface area contributed by atoms with Crippen molar-refractivity contribution in [3.8, 4) is 5.75 Å². The Morgan fingerprint density at radius 1 is 1.11 bits per heavy atom. The monoisotopic (exact) mass is 384 g/mol. The van der Waals surface area contributed by atoms with Gasteiger partial charge < -0.3 is 9.84 Å². The van der Waals surface area contributed by atoms with Crippen LogP contribution < -0.4 is 4.74 Å². The zero-order valence-electron chi connectivity index (χ0n) is 16.5. The van der Waals surface area contributed by atoms with E-state index in [9.17, 15) is 9.50 Å². The Labute approximate surface area is 166 Å². The van der Waals surface area contributed by atoms with Crippen molar-refractivity contribution >= 4 is 0 Å². The molecule has 150 valence electrons. The summed E-state index contributed by atoms with van der Waals surface area (Å²) >= 11 is 0. The summed E-state index contributed by atoms with van der Waals surface area (Å²) in [6, 6.07) is 14.8. The molecule has 4 nitrogen and oxygen atoms in total. The maximum atomic E-state index is 13.0. The van der Waals surface area contributed by atoms with Crippen LogP contribution in [0, 0.1) is 24.1 Å². The molecule has 0 aromatic heterocycles. The first-order valence-electron chi connectivity index (χ1n) is 10.1. The van der Waals surface area contributed by atoms with E-state index in [1.54, 1.807) is 12.1 Å². The second-order valence-electron chi connectivity index (χ2n) is 8.41. The van der Waals surface area contributed by atoms with Crippen molar-refractivity contribution in [3.63, 3.8) is 0 Å². The fraction of sp³-hybridized carbons (Fsp3) is 0.478.